The summed E-state index contributed by atoms with van der Waals surface area (Å²) in [5, 5.41) is 56.9. The molecule has 92 heavy (non-hydrogen) atoms. The van der Waals surface area contributed by atoms with Crippen LogP contribution in [-0.4, -0.2) is 118 Å². The average molecular weight is 1330 g/mol. The van der Waals surface area contributed by atoms with Crippen LogP contribution in [0.15, 0.2) is 128 Å². The largest absolute Gasteiger partial charge is 0.756 e. The Morgan fingerprint density at radius 2 is 0.707 bits per heavy atom. The van der Waals surface area contributed by atoms with E-state index in [1.54, 1.807) is 6.92 Å². The maximum Gasteiger partial charge on any atom is 0.276 e. The first-order valence-electron chi connectivity index (χ1n) is 33.0. The van der Waals surface area contributed by atoms with Crippen molar-refractivity contribution < 1.29 is 81.6 Å². The van der Waals surface area contributed by atoms with Crippen LogP contribution in [0.4, 0.5) is 0 Å². The number of phosphoric ester groups is 2. The van der Waals surface area contributed by atoms with E-state index in [-0.39, 0.29) is 0 Å². The molecular weight excluding hydrogens is 1210 g/mol. The number of ether oxygens (including phenoxy) is 3. The van der Waals surface area contributed by atoms with E-state index in [0.29, 0.717) is 12.8 Å². The second-order valence-corrected chi connectivity index (χ2v) is 28.4. The lowest BCUT2D eigenvalue weighted by atomic mass is 9.94. The van der Waals surface area contributed by atoms with Crippen molar-refractivity contribution in [2.24, 2.45) is 0 Å². The summed E-state index contributed by atoms with van der Waals surface area (Å²) in [7, 11) is -11.6. The maximum absolute atomic E-state index is 13.0. The van der Waals surface area contributed by atoms with Crippen LogP contribution in [0.25, 0.3) is 0 Å². The van der Waals surface area contributed by atoms with Crippen molar-refractivity contribution >= 4 is 27.5 Å². The van der Waals surface area contributed by atoms with Gasteiger partial charge in [-0.25, -0.2) is 4.31 Å². The molecule has 0 aromatic carbocycles. The Morgan fingerprint density at radius 1 is 0.413 bits per heavy atom. The van der Waals surface area contributed by atoms with Gasteiger partial charge in [0.2, 0.25) is 11.8 Å². The molecule has 0 aromatic heterocycles. The van der Waals surface area contributed by atoms with Crippen molar-refractivity contribution in [3.05, 3.63) is 128 Å². The molecule has 2 aliphatic rings. The van der Waals surface area contributed by atoms with Gasteiger partial charge in [-0.2, -0.15) is 0 Å². The van der Waals surface area contributed by atoms with Crippen molar-refractivity contribution in [3.63, 3.8) is 0 Å². The number of amides is 2. The van der Waals surface area contributed by atoms with E-state index >= 15 is 0 Å². The topological polar surface area (TPSA) is 295 Å². The Balaban J connectivity index is 1.71. The Bertz CT molecular complexity index is 2710. The van der Waals surface area contributed by atoms with Gasteiger partial charge >= 0.3 is 0 Å². The number of hydrogen-bond acceptors (Lipinski definition) is 17. The minimum absolute atomic E-state index is 0.568. The summed E-state index contributed by atoms with van der Waals surface area (Å²) < 4.78 is 56.5. The highest BCUT2D eigenvalue weighted by molar-refractivity contribution is 7.59. The summed E-state index contributed by atoms with van der Waals surface area (Å²) in [5.41, 5.74) is 15.0. The first kappa shape index (κ1) is 84.1. The summed E-state index contributed by atoms with van der Waals surface area (Å²) in [6.45, 7) is 25.9. The number of aliphatic hydroxyl groups is 5. The summed E-state index contributed by atoms with van der Waals surface area (Å²) in [5.74, 6) is -1.54. The van der Waals surface area contributed by atoms with Crippen molar-refractivity contribution in [1.29, 1.82) is 0 Å². The van der Waals surface area contributed by atoms with Gasteiger partial charge in [0.15, 0.2) is 12.6 Å². The van der Waals surface area contributed by atoms with Crippen molar-refractivity contribution in [3.8, 4) is 0 Å². The molecule has 2 saturated heterocycles. The lowest BCUT2D eigenvalue weighted by Gasteiger charge is -2.48. The van der Waals surface area contributed by atoms with E-state index < -0.39 is 109 Å². The zero-order valence-corrected chi connectivity index (χ0v) is 59.7. The third-order valence-electron chi connectivity index (χ3n) is 16.2. The number of allylic oxidation sites excluding steroid dienone is 21. The molecule has 2 fully saturated rings. The highest BCUT2D eigenvalue weighted by atomic mass is 31.3. The number of carbonyl (C=O) groups is 2. The van der Waals surface area contributed by atoms with Crippen LogP contribution in [0.3, 0.4) is 0 Å². The quantitative estimate of drug-likeness (QED) is 0.0220. The second kappa shape index (κ2) is 45.5. The van der Waals surface area contributed by atoms with Crippen LogP contribution in [0.5, 0.6) is 0 Å². The Labute approximate surface area is 551 Å². The molecule has 2 amide bonds. The van der Waals surface area contributed by atoms with Gasteiger partial charge < -0.3 is 64.7 Å². The van der Waals surface area contributed by atoms with Crippen LogP contribution >= 0.6 is 15.6 Å². The number of phosphoric acid groups is 2. The van der Waals surface area contributed by atoms with E-state index in [4.69, 9.17) is 23.3 Å². The molecule has 2 aliphatic heterocycles. The smallest absolute Gasteiger partial charge is 0.276 e. The second-order valence-electron chi connectivity index (χ2n) is 25.5. The molecule has 2 heterocycles. The minimum Gasteiger partial charge on any atom is -0.756 e. The first-order valence-corrected chi connectivity index (χ1v) is 35.9. The first-order chi connectivity index (χ1) is 43.3. The fraction of sp³-hybridized carbons (Fsp3) is 0.662. The van der Waals surface area contributed by atoms with Crippen LogP contribution in [-0.2, 0) is 46.3 Å². The van der Waals surface area contributed by atoms with Crippen LogP contribution in [0.1, 0.15) is 225 Å². The zero-order valence-electron chi connectivity index (χ0n) is 57.9. The van der Waals surface area contributed by atoms with Gasteiger partial charge in [0.05, 0.1) is 19.8 Å². The SMILES string of the molecule is CC(=O)N[C@@H]1[C@H](O[C@H]2[C@H](O)[C@@H](NC(C)=O)C(OP(=O)([O-])OP(=O)([O-])OC/C=C(/C)CC/C=C(/C)CC/C=C(/C)CC/C=C(/C)CC/C=C(/C)CC/C=C(/C)CC/C=C(/C)CC/C=C(/C)CC/C=C(\C)CC/C=C(\C)CCC=C(C)C)O[C@@H]2CO)O[C@H](CO)[C@@H](O)[C@@H]1O. The van der Waals surface area contributed by atoms with Gasteiger partial charge in [-0.3, -0.25) is 23.2 Å². The third-order valence-corrected chi connectivity index (χ3v) is 18.8. The fourth-order valence-electron chi connectivity index (χ4n) is 10.5. The highest BCUT2D eigenvalue weighted by Crippen LogP contribution is 2.57. The summed E-state index contributed by atoms with van der Waals surface area (Å²) in [6.07, 6.45) is 31.5. The van der Waals surface area contributed by atoms with Crippen LogP contribution < -0.4 is 20.4 Å². The van der Waals surface area contributed by atoms with Crippen molar-refractivity contribution in [2.75, 3.05) is 19.8 Å². The molecule has 21 heteroatoms. The number of nitrogens with one attached hydrogen (secondary N) is 2. The van der Waals surface area contributed by atoms with Gasteiger partial charge in [0, 0.05) is 13.8 Å². The lowest BCUT2D eigenvalue weighted by molar-refractivity contribution is -0.331. The summed E-state index contributed by atoms with van der Waals surface area (Å²) in [4.78, 5) is 49.8. The fourth-order valence-corrected chi connectivity index (χ4v) is 12.6. The molecule has 7 N–H and O–H groups in total. The Morgan fingerprint density at radius 3 is 1.01 bits per heavy atom. The Kier molecular flexibility index (Phi) is 41.6. The molecule has 0 bridgehead atoms. The average Bonchev–Trinajstić information content (AvgIpc) is 0.781. The van der Waals surface area contributed by atoms with Gasteiger partial charge in [-0.15, -0.1) is 0 Å². The number of aliphatic hydroxyl groups excluding tert-OH is 5. The van der Waals surface area contributed by atoms with Gasteiger partial charge in [0.1, 0.15) is 48.7 Å². The van der Waals surface area contributed by atoms with Gasteiger partial charge in [-0.1, -0.05) is 128 Å². The molecular formula is C71H116N2O17P2-2. The van der Waals surface area contributed by atoms with Crippen molar-refractivity contribution in [1.82, 2.24) is 10.6 Å². The predicted molar refractivity (Wildman–Crippen MR) is 362 cm³/mol. The van der Waals surface area contributed by atoms with E-state index in [9.17, 15) is 54.0 Å². The zero-order chi connectivity index (χ0) is 69.0. The van der Waals surface area contributed by atoms with Gasteiger partial charge in [0.25, 0.3) is 15.6 Å². The molecule has 0 aromatic rings. The maximum atomic E-state index is 13.0. The van der Waals surface area contributed by atoms with E-state index in [0.717, 1.165) is 135 Å². The standard InChI is InChI=1S/C71H118N2O17P2/c1-49(2)25-15-26-50(3)27-16-28-51(4)29-17-30-52(5)31-18-32-53(6)33-19-34-54(7)35-20-36-55(8)37-21-38-56(9)39-22-40-57(10)41-23-42-58(11)43-24-44-59(12)45-46-85-91(81,82)90-92(83,84)89-71-65(73-61(14)77)68(80)69(63(48-75)87-71)88-70-64(72-60(13)76)67(79)66(78)62(47-74)86-70/h25,27,29,31,33,35,37,39,41,43,45,62-71,74-75,78-80H,15-24,26,28,30,32,34,36,38,40,42,44,46-48H2,1-14H3,(H,72,76)(H,73,77)(H,81,82)(H,83,84)/p-2/b50-27+,51-29+,52-31-,53-33-,54-35-,55-37-,56-39-,57-41-,58-43-,59-45-/t62-,63-,64+,65-,66-,67-,68-,69-,70+,71?/m1/s1. The highest BCUT2D eigenvalue weighted by Gasteiger charge is 2.52. The monoisotopic (exact) mass is 1330 g/mol. The predicted octanol–water partition coefficient (Wildman–Crippen LogP) is 13.1. The van der Waals surface area contributed by atoms with E-state index in [2.05, 4.69) is 152 Å². The normalized spacial score (nSPS) is 25.1. The molecule has 0 radical (unpaired) electrons. The van der Waals surface area contributed by atoms with E-state index in [1.165, 1.54) is 61.8 Å². The molecule has 3 unspecified atom stereocenters. The summed E-state index contributed by atoms with van der Waals surface area (Å²) in [6, 6.07) is -3.34. The summed E-state index contributed by atoms with van der Waals surface area (Å²) >= 11 is 0. The van der Waals surface area contributed by atoms with Gasteiger partial charge in [-0.05, 0) is 212 Å². The molecule has 0 spiro atoms. The van der Waals surface area contributed by atoms with Crippen LogP contribution in [0, 0.1) is 0 Å². The van der Waals surface area contributed by atoms with Crippen molar-refractivity contribution in [2.45, 2.75) is 287 Å². The molecule has 524 valence electrons. The molecule has 19 nitrogen and oxygen atoms in total. The number of rotatable bonds is 43. The molecule has 0 saturated carbocycles. The molecule has 0 aliphatic carbocycles. The van der Waals surface area contributed by atoms with Crippen LogP contribution in [0.2, 0.25) is 0 Å². The molecule has 12 atom stereocenters. The molecule has 2 rings (SSSR count). The Hall–Kier alpha value is -3.98. The lowest BCUT2D eigenvalue weighted by Crippen LogP contribution is -2.69. The number of carbonyl (C=O) groups excluding carboxylic acids is 2. The third kappa shape index (κ3) is 36.8. The van der Waals surface area contributed by atoms with E-state index in [1.807, 2.05) is 0 Å². The minimum atomic E-state index is -5.94. The number of hydrogen-bond donors (Lipinski definition) is 7.